The van der Waals surface area contributed by atoms with E-state index in [0.717, 1.165) is 0 Å². The molecule has 0 saturated carbocycles. The number of aliphatic carboxylic acids is 1. The van der Waals surface area contributed by atoms with Crippen LogP contribution in [0, 0.1) is 0 Å². The summed E-state index contributed by atoms with van der Waals surface area (Å²) in [5.74, 6) is -7.66. The van der Waals surface area contributed by atoms with Crippen molar-refractivity contribution in [2.75, 3.05) is 13.2 Å². The largest absolute Gasteiger partial charge is 0.477 e. The second-order valence-electron chi connectivity index (χ2n) is 4.92. The number of carbonyl (C=O) groups is 2. The van der Waals surface area contributed by atoms with Gasteiger partial charge in [0.2, 0.25) is 5.91 Å². The van der Waals surface area contributed by atoms with Crippen LogP contribution in [0.15, 0.2) is 0 Å². The number of nitrogens with one attached hydrogen (secondary N) is 1. The van der Waals surface area contributed by atoms with Crippen LogP contribution in [0.4, 0.5) is 8.78 Å². The van der Waals surface area contributed by atoms with Gasteiger partial charge in [-0.3, -0.25) is 4.79 Å². The lowest BCUT2D eigenvalue weighted by atomic mass is 9.88. The molecule has 1 aliphatic rings. The molecule has 1 aliphatic heterocycles. The fourth-order valence-corrected chi connectivity index (χ4v) is 2.11. The first-order valence-electron chi connectivity index (χ1n) is 6.39. The molecule has 134 valence electrons. The maximum Gasteiger partial charge on any atom is 0.372 e. The summed E-state index contributed by atoms with van der Waals surface area (Å²) in [4.78, 5) is 22.0. The molecule has 0 aliphatic carbocycles. The molecule has 10 nitrogen and oxygen atoms in total. The van der Waals surface area contributed by atoms with Gasteiger partial charge in [0.25, 0.3) is 0 Å². The number of ether oxygens (including phenoxy) is 1. The maximum absolute atomic E-state index is 14.1. The van der Waals surface area contributed by atoms with Crippen molar-refractivity contribution in [3.63, 3.8) is 0 Å². The van der Waals surface area contributed by atoms with Crippen molar-refractivity contribution >= 4 is 11.9 Å². The summed E-state index contributed by atoms with van der Waals surface area (Å²) in [7, 11) is 0. The van der Waals surface area contributed by atoms with Crippen LogP contribution < -0.4 is 5.32 Å². The maximum atomic E-state index is 14.1. The predicted molar refractivity (Wildman–Crippen MR) is 65.4 cm³/mol. The number of aliphatic hydroxyl groups is 5. The molecule has 0 aromatic carbocycles. The highest BCUT2D eigenvalue weighted by molar-refractivity contribution is 5.78. The first-order chi connectivity index (χ1) is 10.6. The van der Waals surface area contributed by atoms with Crippen molar-refractivity contribution in [3.8, 4) is 0 Å². The topological polar surface area (TPSA) is 177 Å². The van der Waals surface area contributed by atoms with Crippen molar-refractivity contribution in [1.29, 1.82) is 0 Å². The average Bonchev–Trinajstić information content (AvgIpc) is 2.53. The minimum Gasteiger partial charge on any atom is -0.477 e. The number of carboxylic acids is 1. The summed E-state index contributed by atoms with van der Waals surface area (Å²) in [5.41, 5.74) is 0. The molecule has 0 spiro atoms. The van der Waals surface area contributed by atoms with Gasteiger partial charge in [0.1, 0.15) is 31.0 Å². The summed E-state index contributed by atoms with van der Waals surface area (Å²) in [5, 5.41) is 56.8. The van der Waals surface area contributed by atoms with Crippen LogP contribution in [-0.2, 0) is 14.3 Å². The Balaban J connectivity index is 3.19. The van der Waals surface area contributed by atoms with E-state index >= 15 is 0 Å². The highest BCUT2D eigenvalue weighted by atomic mass is 19.2. The van der Waals surface area contributed by atoms with E-state index in [1.807, 2.05) is 5.32 Å². The normalized spacial score (nSPS) is 37.0. The van der Waals surface area contributed by atoms with Gasteiger partial charge in [-0.05, 0) is 0 Å². The minimum atomic E-state index is -4.05. The van der Waals surface area contributed by atoms with Crippen molar-refractivity contribution in [1.82, 2.24) is 5.32 Å². The van der Waals surface area contributed by atoms with Gasteiger partial charge in [0, 0.05) is 0 Å². The van der Waals surface area contributed by atoms with Crippen LogP contribution in [0.25, 0.3) is 0 Å². The Labute approximate surface area is 127 Å². The smallest absolute Gasteiger partial charge is 0.372 e. The summed E-state index contributed by atoms with van der Waals surface area (Å²) in [6.07, 6.45) is -11.9. The van der Waals surface area contributed by atoms with E-state index in [0.29, 0.717) is 0 Å². The zero-order chi connectivity index (χ0) is 17.9. The van der Waals surface area contributed by atoms with Gasteiger partial charge in [-0.2, -0.15) is 4.39 Å². The lowest BCUT2D eigenvalue weighted by Gasteiger charge is -2.45. The Hall–Kier alpha value is -1.44. The van der Waals surface area contributed by atoms with Gasteiger partial charge < -0.3 is 40.7 Å². The van der Waals surface area contributed by atoms with E-state index in [1.54, 1.807) is 0 Å². The van der Waals surface area contributed by atoms with Gasteiger partial charge in [-0.1, -0.05) is 0 Å². The van der Waals surface area contributed by atoms with Gasteiger partial charge in [-0.25, -0.2) is 9.18 Å². The van der Waals surface area contributed by atoms with E-state index < -0.39 is 67.6 Å². The SMILES string of the molecule is O=C(CO)N[C@@H]1C(O)C(F)[C@](F)(C(=O)O)OC1[C@H](O)[C@H](O)CO. The van der Waals surface area contributed by atoms with Crippen LogP contribution in [0.5, 0.6) is 0 Å². The standard InChI is InChI=1S/C11H17F2NO9/c12-9-7(20)5(14-4(18)2-16)8(6(19)3(17)1-15)23-11(9,13)10(21)22/h3,5-9,15-17,19-20H,1-2H2,(H,14,18)(H,21,22)/t3-,5-,6-,7?,8?,9?,11-/m1/s1. The number of halogens is 2. The number of carbonyl (C=O) groups excluding carboxylic acids is 1. The number of rotatable bonds is 6. The molecular weight excluding hydrogens is 328 g/mol. The monoisotopic (exact) mass is 345 g/mol. The summed E-state index contributed by atoms with van der Waals surface area (Å²) in [6.45, 7) is -2.16. The molecule has 0 aromatic rings. The summed E-state index contributed by atoms with van der Waals surface area (Å²) >= 11 is 0. The number of carboxylic acid groups (broad SMARTS) is 1. The number of hydrogen-bond donors (Lipinski definition) is 7. The molecule has 1 rings (SSSR count). The van der Waals surface area contributed by atoms with Crippen molar-refractivity contribution in [3.05, 3.63) is 0 Å². The molecule has 3 unspecified atom stereocenters. The molecule has 23 heavy (non-hydrogen) atoms. The molecule has 12 heteroatoms. The Morgan fingerprint density at radius 2 is 1.87 bits per heavy atom. The molecule has 0 bridgehead atoms. The van der Waals surface area contributed by atoms with Crippen LogP contribution in [0.2, 0.25) is 0 Å². The Morgan fingerprint density at radius 3 is 2.30 bits per heavy atom. The molecule has 7 atom stereocenters. The van der Waals surface area contributed by atoms with Crippen LogP contribution in [-0.4, -0.2) is 98.2 Å². The van der Waals surface area contributed by atoms with E-state index in [9.17, 15) is 33.7 Å². The first kappa shape index (κ1) is 19.6. The fourth-order valence-electron chi connectivity index (χ4n) is 2.11. The molecule has 0 radical (unpaired) electrons. The Morgan fingerprint density at radius 1 is 1.30 bits per heavy atom. The van der Waals surface area contributed by atoms with Gasteiger partial charge in [0.05, 0.1) is 12.6 Å². The third-order valence-electron chi connectivity index (χ3n) is 3.36. The van der Waals surface area contributed by atoms with Crippen molar-refractivity contribution in [2.45, 2.75) is 42.5 Å². The molecule has 1 fully saturated rings. The Bertz CT molecular complexity index is 453. The van der Waals surface area contributed by atoms with E-state index in [-0.39, 0.29) is 0 Å². The van der Waals surface area contributed by atoms with E-state index in [4.69, 9.17) is 15.3 Å². The molecular formula is C11H17F2NO9. The number of hydrogen-bond acceptors (Lipinski definition) is 8. The number of alkyl halides is 2. The highest BCUT2D eigenvalue weighted by Gasteiger charge is 2.62. The Kier molecular flexibility index (Phi) is 6.33. The third-order valence-corrected chi connectivity index (χ3v) is 3.36. The van der Waals surface area contributed by atoms with E-state index in [1.165, 1.54) is 0 Å². The third kappa shape index (κ3) is 3.73. The molecule has 1 amide bonds. The summed E-state index contributed by atoms with van der Waals surface area (Å²) in [6, 6.07) is -1.90. The van der Waals surface area contributed by atoms with Crippen LogP contribution in [0.3, 0.4) is 0 Å². The minimum absolute atomic E-state index is 1.05. The first-order valence-corrected chi connectivity index (χ1v) is 6.39. The second kappa shape index (κ2) is 7.42. The predicted octanol–water partition coefficient (Wildman–Crippen LogP) is -3.97. The second-order valence-corrected chi connectivity index (χ2v) is 4.92. The molecule has 1 heterocycles. The van der Waals surface area contributed by atoms with Crippen molar-refractivity contribution in [2.24, 2.45) is 0 Å². The summed E-state index contributed by atoms with van der Waals surface area (Å²) < 4.78 is 32.3. The molecule has 7 N–H and O–H groups in total. The lowest BCUT2D eigenvalue weighted by Crippen LogP contribution is -2.71. The van der Waals surface area contributed by atoms with Crippen LogP contribution >= 0.6 is 0 Å². The van der Waals surface area contributed by atoms with Gasteiger partial charge in [-0.15, -0.1) is 0 Å². The van der Waals surface area contributed by atoms with Gasteiger partial charge >= 0.3 is 11.8 Å². The van der Waals surface area contributed by atoms with Gasteiger partial charge in [0.15, 0.2) is 6.17 Å². The lowest BCUT2D eigenvalue weighted by molar-refractivity contribution is -0.293. The van der Waals surface area contributed by atoms with Crippen LogP contribution in [0.1, 0.15) is 0 Å². The zero-order valence-corrected chi connectivity index (χ0v) is 11.5. The number of aliphatic hydroxyl groups excluding tert-OH is 5. The van der Waals surface area contributed by atoms with E-state index in [2.05, 4.69) is 4.74 Å². The fraction of sp³-hybridized carbons (Fsp3) is 0.818. The van der Waals surface area contributed by atoms with Crippen molar-refractivity contribution < 1.29 is 53.7 Å². The number of amides is 1. The average molecular weight is 345 g/mol. The zero-order valence-electron chi connectivity index (χ0n) is 11.5. The quantitative estimate of drug-likeness (QED) is 0.253. The molecule has 0 aromatic heterocycles. The highest BCUT2D eigenvalue weighted by Crippen LogP contribution is 2.35. The molecule has 1 saturated heterocycles.